The molecule has 2 aromatic rings. The van der Waals surface area contributed by atoms with Gasteiger partial charge >= 0.3 is 0 Å². The van der Waals surface area contributed by atoms with Gasteiger partial charge in [-0.2, -0.15) is 0 Å². The Labute approximate surface area is 162 Å². The molecule has 5 nitrogen and oxygen atoms in total. The lowest BCUT2D eigenvalue weighted by Gasteiger charge is -2.21. The first kappa shape index (κ1) is 20.1. The first-order chi connectivity index (χ1) is 12.4. The fourth-order valence-electron chi connectivity index (χ4n) is 2.56. The summed E-state index contributed by atoms with van der Waals surface area (Å²) in [6.45, 7) is 4.08. The lowest BCUT2D eigenvalue weighted by molar-refractivity contribution is -0.885. The van der Waals surface area contributed by atoms with Crippen molar-refractivity contribution in [2.75, 3.05) is 24.2 Å². The SMILES string of the molecule is CCc1ccccc1NC(=O)C[NH+](C)[C@H](C)C(=O)Nc1ccc(Br)cc1. The van der Waals surface area contributed by atoms with Gasteiger partial charge in [-0.05, 0) is 49.2 Å². The second kappa shape index (κ2) is 9.50. The number of likely N-dealkylation sites (N-methyl/N-ethyl adjacent to an activating group) is 1. The number of amides is 2. The van der Waals surface area contributed by atoms with Gasteiger partial charge in [-0.15, -0.1) is 0 Å². The summed E-state index contributed by atoms with van der Waals surface area (Å²) in [4.78, 5) is 25.6. The number of carbonyl (C=O) groups excluding carboxylic acids is 2. The molecule has 3 N–H and O–H groups in total. The van der Waals surface area contributed by atoms with E-state index in [-0.39, 0.29) is 24.4 Å². The van der Waals surface area contributed by atoms with Crippen LogP contribution in [0.3, 0.4) is 0 Å². The Kier molecular flexibility index (Phi) is 7.36. The van der Waals surface area contributed by atoms with Crippen LogP contribution >= 0.6 is 15.9 Å². The molecule has 0 aliphatic heterocycles. The van der Waals surface area contributed by atoms with Gasteiger partial charge in [0.15, 0.2) is 12.6 Å². The summed E-state index contributed by atoms with van der Waals surface area (Å²) in [6.07, 6.45) is 0.852. The summed E-state index contributed by atoms with van der Waals surface area (Å²) in [5.74, 6) is -0.224. The molecule has 0 heterocycles. The summed E-state index contributed by atoms with van der Waals surface area (Å²) in [5.41, 5.74) is 2.67. The maximum absolute atomic E-state index is 12.4. The van der Waals surface area contributed by atoms with E-state index in [0.717, 1.165) is 32.7 Å². The van der Waals surface area contributed by atoms with E-state index in [4.69, 9.17) is 0 Å². The normalized spacial score (nSPS) is 12.9. The van der Waals surface area contributed by atoms with Gasteiger partial charge in [0.1, 0.15) is 0 Å². The number of nitrogens with one attached hydrogen (secondary N) is 3. The predicted molar refractivity (Wildman–Crippen MR) is 108 cm³/mol. The molecule has 1 unspecified atom stereocenters. The zero-order valence-corrected chi connectivity index (χ0v) is 16.9. The molecule has 0 fully saturated rings. The third-order valence-electron chi connectivity index (χ3n) is 4.36. The molecule has 0 aliphatic carbocycles. The highest BCUT2D eigenvalue weighted by Crippen LogP contribution is 2.15. The van der Waals surface area contributed by atoms with E-state index in [9.17, 15) is 9.59 Å². The van der Waals surface area contributed by atoms with E-state index in [1.54, 1.807) is 0 Å². The standard InChI is InChI=1S/C20H24BrN3O2/c1-4-15-7-5-6-8-18(15)23-19(25)13-24(3)14(2)20(26)22-17-11-9-16(21)10-12-17/h5-12,14H,4,13H2,1-3H3,(H,22,26)(H,23,25)/p+1/t14-/m1/s1. The monoisotopic (exact) mass is 418 g/mol. The van der Waals surface area contributed by atoms with E-state index in [1.165, 1.54) is 0 Å². The highest BCUT2D eigenvalue weighted by atomic mass is 79.9. The lowest BCUT2D eigenvalue weighted by Crippen LogP contribution is -3.14. The smallest absolute Gasteiger partial charge is 0.282 e. The quantitative estimate of drug-likeness (QED) is 0.646. The maximum Gasteiger partial charge on any atom is 0.282 e. The molecule has 0 bridgehead atoms. The van der Waals surface area contributed by atoms with Crippen molar-refractivity contribution in [2.24, 2.45) is 0 Å². The zero-order valence-electron chi connectivity index (χ0n) is 15.3. The van der Waals surface area contributed by atoms with Gasteiger partial charge < -0.3 is 15.5 Å². The minimum absolute atomic E-state index is 0.105. The molecule has 138 valence electrons. The molecule has 0 spiro atoms. The topological polar surface area (TPSA) is 62.6 Å². The van der Waals surface area contributed by atoms with Gasteiger partial charge in [-0.1, -0.05) is 41.1 Å². The number of aryl methyl sites for hydroxylation is 1. The van der Waals surface area contributed by atoms with Crippen molar-refractivity contribution < 1.29 is 14.5 Å². The number of halogens is 1. The average molecular weight is 419 g/mol. The first-order valence-electron chi connectivity index (χ1n) is 8.67. The number of rotatable bonds is 7. The van der Waals surface area contributed by atoms with Crippen molar-refractivity contribution in [2.45, 2.75) is 26.3 Å². The molecule has 6 heteroatoms. The number of anilines is 2. The molecular formula is C20H25BrN3O2+. The van der Waals surface area contributed by atoms with Gasteiger partial charge in [0.05, 0.1) is 7.05 Å². The second-order valence-corrected chi connectivity index (χ2v) is 7.22. The van der Waals surface area contributed by atoms with Crippen LogP contribution in [0.25, 0.3) is 0 Å². The Balaban J connectivity index is 1.90. The molecule has 0 radical (unpaired) electrons. The number of hydrogen-bond acceptors (Lipinski definition) is 2. The number of hydrogen-bond donors (Lipinski definition) is 3. The van der Waals surface area contributed by atoms with E-state index in [1.807, 2.05) is 62.5 Å². The van der Waals surface area contributed by atoms with Gasteiger partial charge in [-0.25, -0.2) is 0 Å². The summed E-state index contributed by atoms with van der Waals surface area (Å²) in [7, 11) is 1.84. The van der Waals surface area contributed by atoms with Crippen LogP contribution in [0.15, 0.2) is 53.0 Å². The van der Waals surface area contributed by atoms with Crippen LogP contribution in [0, 0.1) is 0 Å². The minimum Gasteiger partial charge on any atom is -0.321 e. The number of quaternary nitrogens is 1. The predicted octanol–water partition coefficient (Wildman–Crippen LogP) is 2.49. The van der Waals surface area contributed by atoms with Crippen LogP contribution in [0.4, 0.5) is 11.4 Å². The number of carbonyl (C=O) groups is 2. The van der Waals surface area contributed by atoms with Gasteiger partial charge in [-0.3, -0.25) is 9.59 Å². The van der Waals surface area contributed by atoms with Crippen LogP contribution in [0.1, 0.15) is 19.4 Å². The van der Waals surface area contributed by atoms with Crippen LogP contribution in [-0.2, 0) is 16.0 Å². The summed E-state index contributed by atoms with van der Waals surface area (Å²) in [6, 6.07) is 14.8. The molecule has 2 rings (SSSR count). The van der Waals surface area contributed by atoms with Gasteiger partial charge in [0.25, 0.3) is 11.8 Å². The third kappa shape index (κ3) is 5.68. The Morgan fingerprint density at radius 1 is 1.08 bits per heavy atom. The van der Waals surface area contributed by atoms with Crippen LogP contribution in [0.5, 0.6) is 0 Å². The Morgan fingerprint density at radius 3 is 2.38 bits per heavy atom. The fraction of sp³-hybridized carbons (Fsp3) is 0.300. The molecule has 0 aliphatic rings. The summed E-state index contributed by atoms with van der Waals surface area (Å²) >= 11 is 3.37. The Hall–Kier alpha value is -2.18. The highest BCUT2D eigenvalue weighted by molar-refractivity contribution is 9.10. The third-order valence-corrected chi connectivity index (χ3v) is 4.88. The molecule has 0 saturated heterocycles. The van der Waals surface area contributed by atoms with Crippen LogP contribution in [0.2, 0.25) is 0 Å². The average Bonchev–Trinajstić information content (AvgIpc) is 2.63. The van der Waals surface area contributed by atoms with Gasteiger partial charge in [0.2, 0.25) is 0 Å². The van der Waals surface area contributed by atoms with Crippen LogP contribution in [-0.4, -0.2) is 31.4 Å². The molecule has 2 atom stereocenters. The summed E-state index contributed by atoms with van der Waals surface area (Å²) in [5, 5.41) is 5.82. The number of benzene rings is 2. The Morgan fingerprint density at radius 2 is 1.73 bits per heavy atom. The zero-order chi connectivity index (χ0) is 19.1. The minimum atomic E-state index is -0.356. The lowest BCUT2D eigenvalue weighted by atomic mass is 10.1. The highest BCUT2D eigenvalue weighted by Gasteiger charge is 2.24. The molecule has 2 amide bonds. The molecule has 2 aromatic carbocycles. The molecule has 26 heavy (non-hydrogen) atoms. The van der Waals surface area contributed by atoms with Crippen molar-refractivity contribution >= 4 is 39.1 Å². The first-order valence-corrected chi connectivity index (χ1v) is 9.46. The van der Waals surface area contributed by atoms with E-state index < -0.39 is 0 Å². The van der Waals surface area contributed by atoms with Crippen molar-refractivity contribution in [1.82, 2.24) is 0 Å². The van der Waals surface area contributed by atoms with E-state index in [2.05, 4.69) is 33.5 Å². The summed E-state index contributed by atoms with van der Waals surface area (Å²) < 4.78 is 0.954. The largest absolute Gasteiger partial charge is 0.321 e. The van der Waals surface area contributed by atoms with Crippen molar-refractivity contribution in [1.29, 1.82) is 0 Å². The second-order valence-electron chi connectivity index (χ2n) is 6.30. The number of para-hydroxylation sites is 1. The molecular weight excluding hydrogens is 394 g/mol. The van der Waals surface area contributed by atoms with Crippen molar-refractivity contribution in [3.8, 4) is 0 Å². The fourth-order valence-corrected chi connectivity index (χ4v) is 2.82. The molecule has 0 saturated carbocycles. The maximum atomic E-state index is 12.4. The molecule has 0 aromatic heterocycles. The van der Waals surface area contributed by atoms with E-state index in [0.29, 0.717) is 0 Å². The van der Waals surface area contributed by atoms with Gasteiger partial charge in [0, 0.05) is 15.8 Å². The van der Waals surface area contributed by atoms with Crippen molar-refractivity contribution in [3.63, 3.8) is 0 Å². The van der Waals surface area contributed by atoms with Crippen LogP contribution < -0.4 is 15.5 Å². The Bertz CT molecular complexity index is 762. The van der Waals surface area contributed by atoms with E-state index >= 15 is 0 Å². The van der Waals surface area contributed by atoms with Crippen molar-refractivity contribution in [3.05, 3.63) is 58.6 Å².